The zero-order valence-electron chi connectivity index (χ0n) is 15.9. The largest absolute Gasteiger partial charge is 0.337 e. The molecule has 1 aliphatic rings. The highest BCUT2D eigenvalue weighted by molar-refractivity contribution is 5.94. The summed E-state index contributed by atoms with van der Waals surface area (Å²) < 4.78 is 13.4. The van der Waals surface area contributed by atoms with E-state index in [0.717, 1.165) is 37.8 Å². The molecule has 1 aliphatic heterocycles. The third-order valence-corrected chi connectivity index (χ3v) is 5.28. The predicted octanol–water partition coefficient (Wildman–Crippen LogP) is 3.43. The molecule has 2 aromatic heterocycles. The Bertz CT molecular complexity index is 1010. The number of fused-ring (bicyclic) bond motifs is 1. The van der Waals surface area contributed by atoms with Gasteiger partial charge in [-0.15, -0.1) is 0 Å². The maximum Gasteiger partial charge on any atom is 0.255 e. The molecule has 0 spiro atoms. The van der Waals surface area contributed by atoms with Crippen molar-refractivity contribution in [3.8, 4) is 0 Å². The van der Waals surface area contributed by atoms with Crippen LogP contribution in [-0.2, 0) is 6.54 Å². The minimum atomic E-state index is -0.484. The number of halogens is 1. The van der Waals surface area contributed by atoms with Crippen molar-refractivity contribution in [1.82, 2.24) is 19.8 Å². The van der Waals surface area contributed by atoms with E-state index in [0.29, 0.717) is 18.7 Å². The molecule has 6 heteroatoms. The number of hydrogen-bond donors (Lipinski definition) is 0. The van der Waals surface area contributed by atoms with Crippen molar-refractivity contribution in [1.29, 1.82) is 0 Å². The van der Waals surface area contributed by atoms with E-state index in [4.69, 9.17) is 0 Å². The maximum atomic E-state index is 13.4. The first-order valence-corrected chi connectivity index (χ1v) is 9.57. The van der Waals surface area contributed by atoms with Gasteiger partial charge in [-0.25, -0.2) is 4.39 Å². The summed E-state index contributed by atoms with van der Waals surface area (Å²) in [6.07, 6.45) is 5.26. The van der Waals surface area contributed by atoms with Gasteiger partial charge in [-0.1, -0.05) is 18.2 Å². The second-order valence-corrected chi connectivity index (χ2v) is 7.25. The molecular formula is C22H23FN4O. The minimum Gasteiger partial charge on any atom is -0.337 e. The predicted molar refractivity (Wildman–Crippen MR) is 106 cm³/mol. The van der Waals surface area contributed by atoms with Gasteiger partial charge in [-0.3, -0.25) is 19.7 Å². The molecular weight excluding hydrogens is 355 g/mol. The highest BCUT2D eigenvalue weighted by atomic mass is 19.1. The zero-order valence-corrected chi connectivity index (χ0v) is 15.9. The van der Waals surface area contributed by atoms with E-state index >= 15 is 0 Å². The molecule has 144 valence electrons. The number of carbonyl (C=O) groups is 1. The van der Waals surface area contributed by atoms with Gasteiger partial charge in [-0.2, -0.15) is 0 Å². The van der Waals surface area contributed by atoms with Crippen molar-refractivity contribution in [2.24, 2.45) is 0 Å². The SMILES string of the molecule is Cc1ccc(CN2CCCN(C(=O)c3cncc(F)c3)CC2)c2cccnc12. The van der Waals surface area contributed by atoms with Crippen molar-refractivity contribution < 1.29 is 9.18 Å². The zero-order chi connectivity index (χ0) is 19.5. The fourth-order valence-corrected chi connectivity index (χ4v) is 3.80. The smallest absolute Gasteiger partial charge is 0.255 e. The molecule has 4 rings (SSSR count). The van der Waals surface area contributed by atoms with Gasteiger partial charge in [0.05, 0.1) is 17.3 Å². The van der Waals surface area contributed by atoms with Crippen molar-refractivity contribution in [3.63, 3.8) is 0 Å². The molecule has 5 nitrogen and oxygen atoms in total. The molecule has 0 N–H and O–H groups in total. The monoisotopic (exact) mass is 378 g/mol. The van der Waals surface area contributed by atoms with Crippen LogP contribution in [0, 0.1) is 12.7 Å². The summed E-state index contributed by atoms with van der Waals surface area (Å²) in [5.74, 6) is -0.638. The fourth-order valence-electron chi connectivity index (χ4n) is 3.80. The van der Waals surface area contributed by atoms with Crippen molar-refractivity contribution in [2.75, 3.05) is 26.2 Å². The number of nitrogens with zero attached hydrogens (tertiary/aromatic N) is 4. The molecule has 1 fully saturated rings. The number of aryl methyl sites for hydroxylation is 1. The van der Waals surface area contributed by atoms with Gasteiger partial charge in [0, 0.05) is 50.5 Å². The van der Waals surface area contributed by atoms with Crippen LogP contribution in [0.1, 0.15) is 27.9 Å². The van der Waals surface area contributed by atoms with Crippen molar-refractivity contribution in [2.45, 2.75) is 19.9 Å². The molecule has 0 saturated carbocycles. The lowest BCUT2D eigenvalue weighted by Gasteiger charge is -2.22. The Hall–Kier alpha value is -2.86. The van der Waals surface area contributed by atoms with Gasteiger partial charge in [0.1, 0.15) is 5.82 Å². The van der Waals surface area contributed by atoms with Gasteiger partial charge in [0.2, 0.25) is 0 Å². The quantitative estimate of drug-likeness (QED) is 0.701. The molecule has 0 radical (unpaired) electrons. The Labute approximate surface area is 163 Å². The lowest BCUT2D eigenvalue weighted by atomic mass is 10.0. The summed E-state index contributed by atoms with van der Waals surface area (Å²) in [6.45, 7) is 5.90. The summed E-state index contributed by atoms with van der Waals surface area (Å²) >= 11 is 0. The van der Waals surface area contributed by atoms with Crippen LogP contribution in [-0.4, -0.2) is 51.9 Å². The molecule has 1 aromatic carbocycles. The highest BCUT2D eigenvalue weighted by Crippen LogP contribution is 2.22. The summed E-state index contributed by atoms with van der Waals surface area (Å²) in [4.78, 5) is 25.2. The third-order valence-electron chi connectivity index (χ3n) is 5.28. The van der Waals surface area contributed by atoms with Gasteiger partial charge < -0.3 is 4.90 Å². The first-order valence-electron chi connectivity index (χ1n) is 9.57. The molecule has 0 unspecified atom stereocenters. The Morgan fingerprint density at radius 3 is 2.89 bits per heavy atom. The molecule has 1 amide bonds. The first kappa shape index (κ1) is 18.5. The second-order valence-electron chi connectivity index (χ2n) is 7.25. The second kappa shape index (κ2) is 8.02. The summed E-state index contributed by atoms with van der Waals surface area (Å²) in [5.41, 5.74) is 3.78. The Balaban J connectivity index is 1.46. The minimum absolute atomic E-state index is 0.154. The normalized spacial score (nSPS) is 15.6. The van der Waals surface area contributed by atoms with Crippen LogP contribution in [0.25, 0.3) is 10.9 Å². The number of amides is 1. The van der Waals surface area contributed by atoms with Crippen LogP contribution in [0.4, 0.5) is 4.39 Å². The molecule has 0 aliphatic carbocycles. The van der Waals surface area contributed by atoms with Gasteiger partial charge in [-0.05, 0) is 36.6 Å². The summed E-state index contributed by atoms with van der Waals surface area (Å²) in [5, 5.41) is 1.19. The number of aromatic nitrogens is 2. The average Bonchev–Trinajstić information content (AvgIpc) is 2.95. The molecule has 0 atom stereocenters. The van der Waals surface area contributed by atoms with E-state index in [1.165, 1.54) is 28.8 Å². The molecule has 0 bridgehead atoms. The molecule has 28 heavy (non-hydrogen) atoms. The molecule has 1 saturated heterocycles. The average molecular weight is 378 g/mol. The van der Waals surface area contributed by atoms with Crippen LogP contribution in [0.5, 0.6) is 0 Å². The fraction of sp³-hybridized carbons (Fsp3) is 0.318. The highest BCUT2D eigenvalue weighted by Gasteiger charge is 2.21. The Morgan fingerprint density at radius 1 is 1.14 bits per heavy atom. The van der Waals surface area contributed by atoms with Crippen molar-refractivity contribution in [3.05, 3.63) is 71.4 Å². The first-order chi connectivity index (χ1) is 13.6. The standard InChI is InChI=1S/C22H23FN4O/c1-16-5-6-17(20-4-2-7-25-21(16)20)15-26-8-3-9-27(11-10-26)22(28)18-12-19(23)14-24-13-18/h2,4-7,12-14H,3,8-11,15H2,1H3. The number of pyridine rings is 2. The summed E-state index contributed by atoms with van der Waals surface area (Å²) in [7, 11) is 0. The van der Waals surface area contributed by atoms with Gasteiger partial charge in [0.25, 0.3) is 5.91 Å². The van der Waals surface area contributed by atoms with E-state index in [2.05, 4.69) is 40.0 Å². The Kier molecular flexibility index (Phi) is 5.30. The number of carbonyl (C=O) groups excluding carboxylic acids is 1. The third kappa shape index (κ3) is 3.87. The van der Waals surface area contributed by atoms with Gasteiger partial charge >= 0.3 is 0 Å². The topological polar surface area (TPSA) is 49.3 Å². The Morgan fingerprint density at radius 2 is 2.04 bits per heavy atom. The number of rotatable bonds is 3. The maximum absolute atomic E-state index is 13.4. The lowest BCUT2D eigenvalue weighted by Crippen LogP contribution is -2.35. The lowest BCUT2D eigenvalue weighted by molar-refractivity contribution is 0.0760. The molecule has 3 heterocycles. The number of hydrogen-bond acceptors (Lipinski definition) is 4. The van der Waals surface area contributed by atoms with E-state index < -0.39 is 5.82 Å². The molecule has 3 aromatic rings. The van der Waals surface area contributed by atoms with E-state index in [1.54, 1.807) is 4.90 Å². The van der Waals surface area contributed by atoms with Crippen LogP contribution >= 0.6 is 0 Å². The van der Waals surface area contributed by atoms with E-state index in [1.807, 2.05) is 12.3 Å². The van der Waals surface area contributed by atoms with E-state index in [-0.39, 0.29) is 5.91 Å². The summed E-state index contributed by atoms with van der Waals surface area (Å²) in [6, 6.07) is 9.64. The van der Waals surface area contributed by atoms with E-state index in [9.17, 15) is 9.18 Å². The van der Waals surface area contributed by atoms with Crippen LogP contribution in [0.15, 0.2) is 48.9 Å². The van der Waals surface area contributed by atoms with Crippen molar-refractivity contribution >= 4 is 16.8 Å². The van der Waals surface area contributed by atoms with Crippen LogP contribution < -0.4 is 0 Å². The van der Waals surface area contributed by atoms with Crippen LogP contribution in [0.2, 0.25) is 0 Å². The van der Waals surface area contributed by atoms with Crippen LogP contribution in [0.3, 0.4) is 0 Å². The number of benzene rings is 1. The van der Waals surface area contributed by atoms with Gasteiger partial charge in [0.15, 0.2) is 0 Å².